The van der Waals surface area contributed by atoms with Crippen molar-refractivity contribution < 1.29 is 14.6 Å². The Hall–Kier alpha value is -1.75. The summed E-state index contributed by atoms with van der Waals surface area (Å²) < 4.78 is 5.30. The summed E-state index contributed by atoms with van der Waals surface area (Å²) in [5.41, 5.74) is 6.68. The Bertz CT molecular complexity index is 433. The molecule has 1 rings (SSSR count). The summed E-state index contributed by atoms with van der Waals surface area (Å²) in [7, 11) is 0. The molecule has 1 aromatic carbocycles. The predicted molar refractivity (Wildman–Crippen MR) is 75.2 cm³/mol. The van der Waals surface area contributed by atoms with Crippen molar-refractivity contribution in [3.05, 3.63) is 23.8 Å². The summed E-state index contributed by atoms with van der Waals surface area (Å²) in [5, 5.41) is 12.3. The van der Waals surface area contributed by atoms with Gasteiger partial charge in [0, 0.05) is 12.1 Å². The zero-order valence-corrected chi connectivity index (χ0v) is 11.6. The van der Waals surface area contributed by atoms with Crippen LogP contribution in [0.3, 0.4) is 0 Å². The van der Waals surface area contributed by atoms with Gasteiger partial charge in [0.25, 0.3) is 5.91 Å². The smallest absolute Gasteiger partial charge is 0.251 e. The van der Waals surface area contributed by atoms with Crippen molar-refractivity contribution >= 4 is 11.6 Å². The molecule has 0 saturated heterocycles. The van der Waals surface area contributed by atoms with E-state index in [1.165, 1.54) is 0 Å². The Morgan fingerprint density at radius 1 is 1.47 bits per heavy atom. The molecule has 1 amide bonds. The maximum absolute atomic E-state index is 11.9. The zero-order valence-electron chi connectivity index (χ0n) is 11.6. The van der Waals surface area contributed by atoms with Gasteiger partial charge in [-0.05, 0) is 31.0 Å². The predicted octanol–water partition coefficient (Wildman–Crippen LogP) is 1.41. The molecule has 0 bridgehead atoms. The fourth-order valence-corrected chi connectivity index (χ4v) is 1.51. The van der Waals surface area contributed by atoms with E-state index in [-0.39, 0.29) is 18.4 Å². The van der Waals surface area contributed by atoms with E-state index in [0.717, 1.165) is 0 Å². The Morgan fingerprint density at radius 3 is 2.68 bits per heavy atom. The van der Waals surface area contributed by atoms with Crippen molar-refractivity contribution in [3.8, 4) is 5.75 Å². The average molecular weight is 266 g/mol. The quantitative estimate of drug-likeness (QED) is 0.680. The number of aliphatic hydroxyl groups is 1. The van der Waals surface area contributed by atoms with Gasteiger partial charge in [-0.3, -0.25) is 4.79 Å². The number of hydrogen-bond acceptors (Lipinski definition) is 4. The Kier molecular flexibility index (Phi) is 5.63. The number of carbonyl (C=O) groups is 1. The van der Waals surface area contributed by atoms with Crippen LogP contribution in [0.5, 0.6) is 5.75 Å². The number of nitrogen functional groups attached to an aromatic ring is 1. The van der Waals surface area contributed by atoms with Crippen LogP contribution in [0.15, 0.2) is 18.2 Å². The van der Waals surface area contributed by atoms with E-state index in [9.17, 15) is 9.90 Å². The number of hydrogen-bond donors (Lipinski definition) is 3. The largest absolute Gasteiger partial charge is 0.492 e. The van der Waals surface area contributed by atoms with Gasteiger partial charge in [0.05, 0.1) is 18.4 Å². The summed E-state index contributed by atoms with van der Waals surface area (Å²) in [4.78, 5) is 11.9. The van der Waals surface area contributed by atoms with Crippen LogP contribution in [0, 0.1) is 5.92 Å². The van der Waals surface area contributed by atoms with Gasteiger partial charge in [-0.25, -0.2) is 0 Å². The fourth-order valence-electron chi connectivity index (χ4n) is 1.51. The molecule has 0 saturated carbocycles. The minimum Gasteiger partial charge on any atom is -0.492 e. The van der Waals surface area contributed by atoms with Gasteiger partial charge in [0.1, 0.15) is 5.75 Å². The van der Waals surface area contributed by atoms with E-state index in [4.69, 9.17) is 10.5 Å². The van der Waals surface area contributed by atoms with E-state index >= 15 is 0 Å². The van der Waals surface area contributed by atoms with Crippen LogP contribution in [0.25, 0.3) is 0 Å². The van der Waals surface area contributed by atoms with Gasteiger partial charge in [0.15, 0.2) is 0 Å². The average Bonchev–Trinajstić information content (AvgIpc) is 2.37. The molecule has 106 valence electrons. The zero-order chi connectivity index (χ0) is 14.4. The number of aliphatic hydroxyl groups excluding tert-OH is 1. The van der Waals surface area contributed by atoms with Crippen LogP contribution >= 0.6 is 0 Å². The van der Waals surface area contributed by atoms with Gasteiger partial charge in [-0.15, -0.1) is 0 Å². The second kappa shape index (κ2) is 6.99. The molecule has 1 aromatic rings. The number of benzene rings is 1. The maximum Gasteiger partial charge on any atom is 0.251 e. The van der Waals surface area contributed by atoms with Crippen molar-refractivity contribution in [1.29, 1.82) is 0 Å². The lowest BCUT2D eigenvalue weighted by Gasteiger charge is -2.15. The third-order valence-electron chi connectivity index (χ3n) is 2.81. The van der Waals surface area contributed by atoms with Crippen LogP contribution in [-0.4, -0.2) is 30.3 Å². The first kappa shape index (κ1) is 15.3. The highest BCUT2D eigenvalue weighted by Gasteiger charge is 2.13. The van der Waals surface area contributed by atoms with Crippen LogP contribution in [-0.2, 0) is 0 Å². The third kappa shape index (κ3) is 4.44. The number of anilines is 1. The first-order valence-corrected chi connectivity index (χ1v) is 6.44. The second-order valence-electron chi connectivity index (χ2n) is 4.71. The molecule has 0 heterocycles. The van der Waals surface area contributed by atoms with Gasteiger partial charge < -0.3 is 20.9 Å². The highest BCUT2D eigenvalue weighted by Crippen LogP contribution is 2.22. The molecule has 4 N–H and O–H groups in total. The molecular weight excluding hydrogens is 244 g/mol. The molecule has 19 heavy (non-hydrogen) atoms. The van der Waals surface area contributed by atoms with E-state index in [1.54, 1.807) is 18.2 Å². The summed E-state index contributed by atoms with van der Waals surface area (Å²) in [6.45, 7) is 6.41. The second-order valence-corrected chi connectivity index (χ2v) is 4.71. The summed E-state index contributed by atoms with van der Waals surface area (Å²) in [6, 6.07) is 4.90. The van der Waals surface area contributed by atoms with E-state index in [2.05, 4.69) is 5.32 Å². The summed E-state index contributed by atoms with van der Waals surface area (Å²) in [5.74, 6) is 0.418. The standard InChI is InChI=1S/C14H22N2O3/c1-4-19-13-6-5-10(7-11(13)15)14(18)16-8-12(17)9(2)3/h5-7,9,12,17H,4,8,15H2,1-3H3,(H,16,18). The summed E-state index contributed by atoms with van der Waals surface area (Å²) >= 11 is 0. The Morgan fingerprint density at radius 2 is 2.16 bits per heavy atom. The number of amides is 1. The minimum atomic E-state index is -0.552. The molecule has 0 aliphatic rings. The van der Waals surface area contributed by atoms with Crippen molar-refractivity contribution in [2.75, 3.05) is 18.9 Å². The first-order chi connectivity index (χ1) is 8.95. The molecule has 0 radical (unpaired) electrons. The minimum absolute atomic E-state index is 0.102. The highest BCUT2D eigenvalue weighted by molar-refractivity contribution is 5.95. The van der Waals surface area contributed by atoms with E-state index < -0.39 is 6.10 Å². The number of nitrogens with two attached hydrogens (primary N) is 1. The van der Waals surface area contributed by atoms with Crippen molar-refractivity contribution in [1.82, 2.24) is 5.32 Å². The van der Waals surface area contributed by atoms with Gasteiger partial charge in [-0.1, -0.05) is 13.8 Å². The van der Waals surface area contributed by atoms with Crippen LogP contribution < -0.4 is 15.8 Å². The Balaban J connectivity index is 2.65. The lowest BCUT2D eigenvalue weighted by Crippen LogP contribution is -2.34. The topological polar surface area (TPSA) is 84.6 Å². The molecule has 0 aliphatic carbocycles. The number of rotatable bonds is 6. The number of carbonyl (C=O) groups excluding carboxylic acids is 1. The molecule has 5 heteroatoms. The van der Waals surface area contributed by atoms with Crippen molar-refractivity contribution in [3.63, 3.8) is 0 Å². The van der Waals surface area contributed by atoms with Crippen LogP contribution in [0.2, 0.25) is 0 Å². The Labute approximate surface area is 113 Å². The monoisotopic (exact) mass is 266 g/mol. The van der Waals surface area contributed by atoms with Crippen LogP contribution in [0.4, 0.5) is 5.69 Å². The van der Waals surface area contributed by atoms with E-state index in [1.807, 2.05) is 20.8 Å². The van der Waals surface area contributed by atoms with Crippen LogP contribution in [0.1, 0.15) is 31.1 Å². The number of nitrogens with one attached hydrogen (secondary N) is 1. The normalized spacial score (nSPS) is 12.3. The molecule has 1 unspecified atom stereocenters. The van der Waals surface area contributed by atoms with Crippen molar-refractivity contribution in [2.24, 2.45) is 5.92 Å². The molecule has 1 atom stereocenters. The van der Waals surface area contributed by atoms with E-state index in [0.29, 0.717) is 23.6 Å². The molecule has 0 fully saturated rings. The van der Waals surface area contributed by atoms with Crippen molar-refractivity contribution in [2.45, 2.75) is 26.9 Å². The molecular formula is C14H22N2O3. The maximum atomic E-state index is 11.9. The third-order valence-corrected chi connectivity index (χ3v) is 2.81. The highest BCUT2D eigenvalue weighted by atomic mass is 16.5. The van der Waals surface area contributed by atoms with Gasteiger partial charge >= 0.3 is 0 Å². The SMILES string of the molecule is CCOc1ccc(C(=O)NCC(O)C(C)C)cc1N. The molecule has 0 aromatic heterocycles. The molecule has 0 aliphatic heterocycles. The molecule has 5 nitrogen and oxygen atoms in total. The first-order valence-electron chi connectivity index (χ1n) is 6.44. The fraction of sp³-hybridized carbons (Fsp3) is 0.500. The lowest BCUT2D eigenvalue weighted by atomic mass is 10.1. The molecule has 0 spiro atoms. The lowest BCUT2D eigenvalue weighted by molar-refractivity contribution is 0.0871. The van der Waals surface area contributed by atoms with Gasteiger partial charge in [0.2, 0.25) is 0 Å². The van der Waals surface area contributed by atoms with Gasteiger partial charge in [-0.2, -0.15) is 0 Å². The summed E-state index contributed by atoms with van der Waals surface area (Å²) in [6.07, 6.45) is -0.552. The number of ether oxygens (including phenoxy) is 1.